The van der Waals surface area contributed by atoms with E-state index in [2.05, 4.69) is 53.7 Å². The zero-order valence-electron chi connectivity index (χ0n) is 15.3. The average molecular weight is 306 g/mol. The zero-order valence-corrected chi connectivity index (χ0v) is 15.3. The first-order chi connectivity index (χ1) is 10.2. The highest BCUT2D eigenvalue weighted by atomic mass is 16.6. The van der Waals surface area contributed by atoms with Crippen molar-refractivity contribution in [2.45, 2.75) is 85.5 Å². The lowest BCUT2D eigenvalue weighted by molar-refractivity contribution is -0.169. The van der Waals surface area contributed by atoms with Crippen LogP contribution >= 0.6 is 0 Å². The summed E-state index contributed by atoms with van der Waals surface area (Å²) in [5.74, 6) is 0.477. The fourth-order valence-corrected chi connectivity index (χ4v) is 2.95. The molecule has 0 saturated carbocycles. The van der Waals surface area contributed by atoms with Crippen LogP contribution in [-0.4, -0.2) is 17.0 Å². The summed E-state index contributed by atoms with van der Waals surface area (Å²) in [5, 5.41) is 10.2. The Morgan fingerprint density at radius 3 is 2.64 bits per heavy atom. The quantitative estimate of drug-likeness (QED) is 0.494. The van der Waals surface area contributed by atoms with Gasteiger partial charge in [0.2, 0.25) is 0 Å². The first kappa shape index (κ1) is 19.2. The van der Waals surface area contributed by atoms with E-state index < -0.39 is 6.29 Å². The van der Waals surface area contributed by atoms with Gasteiger partial charge in [0, 0.05) is 0 Å². The molecule has 0 aromatic heterocycles. The third-order valence-corrected chi connectivity index (χ3v) is 4.56. The Bertz CT molecular complexity index is 437. The van der Waals surface area contributed by atoms with E-state index in [0.717, 1.165) is 32.1 Å². The van der Waals surface area contributed by atoms with Crippen molar-refractivity contribution < 1.29 is 9.84 Å². The molecule has 0 bridgehead atoms. The van der Waals surface area contributed by atoms with Gasteiger partial charge in [0.05, 0.1) is 5.60 Å². The van der Waals surface area contributed by atoms with Gasteiger partial charge >= 0.3 is 0 Å². The normalized spacial score (nSPS) is 21.3. The molecule has 1 aliphatic rings. The Kier molecular flexibility index (Phi) is 7.58. The van der Waals surface area contributed by atoms with Gasteiger partial charge < -0.3 is 9.84 Å². The number of aliphatic hydroxyl groups excluding tert-OH is 1. The van der Waals surface area contributed by atoms with Crippen LogP contribution in [0.4, 0.5) is 0 Å². The molecule has 1 aliphatic carbocycles. The van der Waals surface area contributed by atoms with Crippen molar-refractivity contribution in [3.63, 3.8) is 0 Å². The Morgan fingerprint density at radius 1 is 1.41 bits per heavy atom. The standard InChI is InChI=1S/C20H34O2/c1-15(2)8-7-9-17(4)14-19(21)22-20(5,6)18-12-10-16(3)11-13-18/h8,10,14,18-19,21H,7,9,11-13H2,1-6H3/b17-14-/t18-,19?/m1/s1. The molecule has 0 saturated heterocycles. The molecule has 2 nitrogen and oxygen atoms in total. The number of ether oxygens (including phenoxy) is 1. The lowest BCUT2D eigenvalue weighted by atomic mass is 9.79. The van der Waals surface area contributed by atoms with Crippen LogP contribution in [0.15, 0.2) is 34.9 Å². The molecule has 0 aliphatic heterocycles. The van der Waals surface area contributed by atoms with Crippen molar-refractivity contribution in [3.05, 3.63) is 34.9 Å². The number of allylic oxidation sites excluding steroid dienone is 5. The summed E-state index contributed by atoms with van der Waals surface area (Å²) < 4.78 is 5.95. The Labute approximate surface area is 137 Å². The van der Waals surface area contributed by atoms with Gasteiger partial charge in [-0.2, -0.15) is 0 Å². The van der Waals surface area contributed by atoms with Gasteiger partial charge in [0.15, 0.2) is 6.29 Å². The zero-order chi connectivity index (χ0) is 16.8. The first-order valence-electron chi connectivity index (χ1n) is 8.53. The second kappa shape index (κ2) is 8.69. The van der Waals surface area contributed by atoms with Gasteiger partial charge in [0.1, 0.15) is 0 Å². The van der Waals surface area contributed by atoms with Crippen LogP contribution in [0.2, 0.25) is 0 Å². The SMILES string of the molecule is CC(C)=CCC/C(C)=C\C(O)OC(C)(C)[C@@H]1CC=C(C)CC1. The molecule has 0 fully saturated rings. The van der Waals surface area contributed by atoms with Crippen molar-refractivity contribution in [3.8, 4) is 0 Å². The lowest BCUT2D eigenvalue weighted by Crippen LogP contribution is -2.38. The van der Waals surface area contributed by atoms with Gasteiger partial charge in [0.25, 0.3) is 0 Å². The van der Waals surface area contributed by atoms with Gasteiger partial charge in [-0.05, 0) is 85.6 Å². The third-order valence-electron chi connectivity index (χ3n) is 4.56. The maximum atomic E-state index is 10.2. The number of hydrogen-bond donors (Lipinski definition) is 1. The summed E-state index contributed by atoms with van der Waals surface area (Å²) >= 11 is 0. The van der Waals surface area contributed by atoms with Crippen molar-refractivity contribution in [1.29, 1.82) is 0 Å². The van der Waals surface area contributed by atoms with Crippen LogP contribution in [0.1, 0.15) is 73.6 Å². The number of hydrogen-bond acceptors (Lipinski definition) is 2. The molecule has 1 unspecified atom stereocenters. The summed E-state index contributed by atoms with van der Waals surface area (Å²) in [6, 6.07) is 0. The molecule has 22 heavy (non-hydrogen) atoms. The second-order valence-electron chi connectivity index (χ2n) is 7.47. The van der Waals surface area contributed by atoms with Crippen LogP contribution in [0.3, 0.4) is 0 Å². The monoisotopic (exact) mass is 306 g/mol. The molecule has 1 N–H and O–H groups in total. The molecule has 0 radical (unpaired) electrons. The molecule has 0 amide bonds. The van der Waals surface area contributed by atoms with E-state index in [1.807, 2.05) is 6.08 Å². The van der Waals surface area contributed by atoms with E-state index in [-0.39, 0.29) is 5.60 Å². The molecule has 0 aromatic carbocycles. The first-order valence-corrected chi connectivity index (χ1v) is 8.53. The van der Waals surface area contributed by atoms with E-state index in [1.165, 1.54) is 16.7 Å². The fraction of sp³-hybridized carbons (Fsp3) is 0.700. The van der Waals surface area contributed by atoms with Crippen molar-refractivity contribution in [2.75, 3.05) is 0 Å². The minimum Gasteiger partial charge on any atom is -0.365 e. The largest absolute Gasteiger partial charge is 0.365 e. The Hall–Kier alpha value is -0.860. The number of aliphatic hydroxyl groups is 1. The van der Waals surface area contributed by atoms with Crippen LogP contribution in [-0.2, 0) is 4.74 Å². The fourth-order valence-electron chi connectivity index (χ4n) is 2.95. The van der Waals surface area contributed by atoms with Gasteiger partial charge in [-0.3, -0.25) is 0 Å². The molecule has 2 heteroatoms. The number of rotatable bonds is 7. The third kappa shape index (κ3) is 6.93. The van der Waals surface area contributed by atoms with Crippen molar-refractivity contribution >= 4 is 0 Å². The van der Waals surface area contributed by atoms with E-state index in [9.17, 15) is 5.11 Å². The highest BCUT2D eigenvalue weighted by Gasteiger charge is 2.32. The van der Waals surface area contributed by atoms with Crippen LogP contribution in [0.25, 0.3) is 0 Å². The van der Waals surface area contributed by atoms with E-state index >= 15 is 0 Å². The Morgan fingerprint density at radius 2 is 2.09 bits per heavy atom. The maximum absolute atomic E-state index is 10.2. The van der Waals surface area contributed by atoms with Crippen molar-refractivity contribution in [2.24, 2.45) is 5.92 Å². The summed E-state index contributed by atoms with van der Waals surface area (Å²) in [5.41, 5.74) is 3.70. The second-order valence-corrected chi connectivity index (χ2v) is 7.47. The van der Waals surface area contributed by atoms with Gasteiger partial charge in [-0.25, -0.2) is 0 Å². The summed E-state index contributed by atoms with van der Waals surface area (Å²) in [4.78, 5) is 0. The maximum Gasteiger partial charge on any atom is 0.175 e. The molecule has 0 heterocycles. The Balaban J connectivity index is 2.51. The van der Waals surface area contributed by atoms with Crippen LogP contribution in [0, 0.1) is 5.92 Å². The molecule has 1 rings (SSSR count). The average Bonchev–Trinajstić information content (AvgIpc) is 2.37. The minimum atomic E-state index is -0.811. The highest BCUT2D eigenvalue weighted by molar-refractivity contribution is 5.06. The molecule has 2 atom stereocenters. The summed E-state index contributed by atoms with van der Waals surface area (Å²) in [6.07, 6.45) is 10.9. The van der Waals surface area contributed by atoms with E-state index in [1.54, 1.807) is 0 Å². The van der Waals surface area contributed by atoms with Gasteiger partial charge in [-0.1, -0.05) is 28.9 Å². The minimum absolute atomic E-state index is 0.298. The van der Waals surface area contributed by atoms with Gasteiger partial charge in [-0.15, -0.1) is 0 Å². The molecule has 0 spiro atoms. The summed E-state index contributed by atoms with van der Waals surface area (Å²) in [6.45, 7) is 12.7. The molecular formula is C20H34O2. The molecular weight excluding hydrogens is 272 g/mol. The lowest BCUT2D eigenvalue weighted by Gasteiger charge is -2.37. The van der Waals surface area contributed by atoms with Crippen molar-refractivity contribution in [1.82, 2.24) is 0 Å². The van der Waals surface area contributed by atoms with Crippen LogP contribution < -0.4 is 0 Å². The predicted octanol–water partition coefficient (Wildman–Crippen LogP) is 5.54. The van der Waals surface area contributed by atoms with Crippen LogP contribution in [0.5, 0.6) is 0 Å². The smallest absolute Gasteiger partial charge is 0.175 e. The van der Waals surface area contributed by atoms with E-state index in [0.29, 0.717) is 5.92 Å². The predicted molar refractivity (Wildman–Crippen MR) is 94.7 cm³/mol. The molecule has 126 valence electrons. The topological polar surface area (TPSA) is 29.5 Å². The van der Waals surface area contributed by atoms with E-state index in [4.69, 9.17) is 4.74 Å². The highest BCUT2D eigenvalue weighted by Crippen LogP contribution is 2.34. The molecule has 0 aromatic rings. The summed E-state index contributed by atoms with van der Waals surface area (Å²) in [7, 11) is 0.